The molecule has 1 rings (SSSR count). The van der Waals surface area contributed by atoms with Crippen LogP contribution in [0.15, 0.2) is 0 Å². The fourth-order valence-electron chi connectivity index (χ4n) is 2.33. The van der Waals surface area contributed by atoms with Gasteiger partial charge in [-0.1, -0.05) is 26.7 Å². The first-order valence-electron chi connectivity index (χ1n) is 6.04. The number of ether oxygens (including phenoxy) is 1. The number of nitrogens with zero attached hydrogens (tertiary/aromatic N) is 1. The van der Waals surface area contributed by atoms with E-state index in [2.05, 4.69) is 18.7 Å². The number of likely N-dealkylation sites (tertiary alicyclic amines) is 1. The minimum atomic E-state index is -0.0570. The lowest BCUT2D eigenvalue weighted by molar-refractivity contribution is -0.146. The van der Waals surface area contributed by atoms with Gasteiger partial charge in [-0.15, -0.1) is 0 Å². The van der Waals surface area contributed by atoms with Crippen LogP contribution in [-0.4, -0.2) is 37.1 Å². The highest BCUT2D eigenvalue weighted by molar-refractivity contribution is 5.75. The van der Waals surface area contributed by atoms with Crippen LogP contribution in [0.4, 0.5) is 0 Å². The summed E-state index contributed by atoms with van der Waals surface area (Å²) >= 11 is 0. The van der Waals surface area contributed by atoms with Gasteiger partial charge in [-0.3, -0.25) is 9.69 Å². The van der Waals surface area contributed by atoms with Crippen molar-refractivity contribution in [3.05, 3.63) is 0 Å². The first-order valence-corrected chi connectivity index (χ1v) is 6.04. The summed E-state index contributed by atoms with van der Waals surface area (Å²) in [5, 5.41) is 0. The molecule has 1 heterocycles. The molecule has 1 aliphatic heterocycles. The molecule has 3 heteroatoms. The molecule has 0 spiro atoms. The van der Waals surface area contributed by atoms with Gasteiger partial charge in [0.15, 0.2) is 0 Å². The Morgan fingerprint density at radius 3 is 2.67 bits per heavy atom. The van der Waals surface area contributed by atoms with E-state index in [1.165, 1.54) is 20.0 Å². The Morgan fingerprint density at radius 2 is 2.13 bits per heavy atom. The van der Waals surface area contributed by atoms with Gasteiger partial charge in [0.1, 0.15) is 6.04 Å². The predicted molar refractivity (Wildman–Crippen MR) is 60.7 cm³/mol. The van der Waals surface area contributed by atoms with E-state index in [4.69, 9.17) is 4.74 Å². The molecule has 0 N–H and O–H groups in total. The largest absolute Gasteiger partial charge is 0.468 e. The number of hydrogen-bond acceptors (Lipinski definition) is 3. The van der Waals surface area contributed by atoms with Gasteiger partial charge in [0.05, 0.1) is 7.11 Å². The van der Waals surface area contributed by atoms with Gasteiger partial charge in [-0.25, -0.2) is 0 Å². The summed E-state index contributed by atoms with van der Waals surface area (Å²) < 4.78 is 4.83. The molecule has 0 aromatic heterocycles. The fraction of sp³-hybridized carbons (Fsp3) is 0.917. The van der Waals surface area contributed by atoms with Crippen molar-refractivity contribution in [1.29, 1.82) is 0 Å². The summed E-state index contributed by atoms with van der Waals surface area (Å²) in [7, 11) is 1.48. The average Bonchev–Trinajstić information content (AvgIpc) is 2.72. The third-order valence-electron chi connectivity index (χ3n) is 3.48. The van der Waals surface area contributed by atoms with Crippen LogP contribution < -0.4 is 0 Å². The van der Waals surface area contributed by atoms with Crippen molar-refractivity contribution < 1.29 is 9.53 Å². The molecule has 0 aliphatic carbocycles. The zero-order valence-corrected chi connectivity index (χ0v) is 10.2. The third kappa shape index (κ3) is 3.20. The van der Waals surface area contributed by atoms with Gasteiger partial charge in [0.2, 0.25) is 0 Å². The zero-order valence-electron chi connectivity index (χ0n) is 10.2. The zero-order chi connectivity index (χ0) is 11.3. The molecule has 1 fully saturated rings. The Balaban J connectivity index is 2.49. The number of hydrogen-bond donors (Lipinski definition) is 0. The lowest BCUT2D eigenvalue weighted by atomic mass is 10.0. The molecule has 0 radical (unpaired) electrons. The standard InChI is InChI=1S/C12H23NO2/c1-4-10(5-2)9-13-8-6-7-11(13)12(14)15-3/h10-11H,4-9H2,1-3H3. The molecular formula is C12H23NO2. The highest BCUT2D eigenvalue weighted by Gasteiger charge is 2.32. The predicted octanol–water partition coefficient (Wildman–Crippen LogP) is 2.06. The summed E-state index contributed by atoms with van der Waals surface area (Å²) in [4.78, 5) is 13.8. The lowest BCUT2D eigenvalue weighted by Gasteiger charge is -2.26. The first-order chi connectivity index (χ1) is 7.22. The Bertz CT molecular complexity index is 202. The van der Waals surface area contributed by atoms with Gasteiger partial charge < -0.3 is 4.74 Å². The summed E-state index contributed by atoms with van der Waals surface area (Å²) in [6, 6.07) is 0.0237. The molecule has 1 aliphatic rings. The van der Waals surface area contributed by atoms with E-state index in [1.54, 1.807) is 0 Å². The number of methoxy groups -OCH3 is 1. The van der Waals surface area contributed by atoms with E-state index in [-0.39, 0.29) is 12.0 Å². The van der Waals surface area contributed by atoms with Crippen molar-refractivity contribution in [2.24, 2.45) is 5.92 Å². The molecule has 0 saturated carbocycles. The second-order valence-corrected chi connectivity index (χ2v) is 4.36. The molecule has 3 nitrogen and oxygen atoms in total. The Kier molecular flexibility index (Phi) is 5.09. The van der Waals surface area contributed by atoms with Crippen LogP contribution in [0.25, 0.3) is 0 Å². The molecule has 88 valence electrons. The van der Waals surface area contributed by atoms with Gasteiger partial charge in [-0.05, 0) is 25.3 Å². The highest BCUT2D eigenvalue weighted by atomic mass is 16.5. The summed E-state index contributed by atoms with van der Waals surface area (Å²) in [6.45, 7) is 6.54. The lowest BCUT2D eigenvalue weighted by Crippen LogP contribution is -2.39. The topological polar surface area (TPSA) is 29.5 Å². The quantitative estimate of drug-likeness (QED) is 0.655. The van der Waals surface area contributed by atoms with Gasteiger partial charge in [0.25, 0.3) is 0 Å². The molecule has 15 heavy (non-hydrogen) atoms. The smallest absolute Gasteiger partial charge is 0.323 e. The maximum absolute atomic E-state index is 11.5. The Hall–Kier alpha value is -0.570. The summed E-state index contributed by atoms with van der Waals surface area (Å²) in [5.41, 5.74) is 0. The maximum atomic E-state index is 11.5. The number of carbonyl (C=O) groups is 1. The molecule has 0 bridgehead atoms. The molecule has 0 amide bonds. The minimum absolute atomic E-state index is 0.0237. The Labute approximate surface area is 92.8 Å². The van der Waals surface area contributed by atoms with Crippen LogP contribution in [0, 0.1) is 5.92 Å². The van der Waals surface area contributed by atoms with Crippen molar-refractivity contribution in [2.45, 2.75) is 45.6 Å². The average molecular weight is 213 g/mol. The molecule has 1 unspecified atom stereocenters. The molecular weight excluding hydrogens is 190 g/mol. The summed E-state index contributed by atoms with van der Waals surface area (Å²) in [5.74, 6) is 0.661. The highest BCUT2D eigenvalue weighted by Crippen LogP contribution is 2.21. The van der Waals surface area contributed by atoms with Crippen LogP contribution in [0.3, 0.4) is 0 Å². The maximum Gasteiger partial charge on any atom is 0.323 e. The van der Waals surface area contributed by atoms with Crippen molar-refractivity contribution in [1.82, 2.24) is 4.90 Å². The van der Waals surface area contributed by atoms with Crippen molar-refractivity contribution in [3.8, 4) is 0 Å². The van der Waals surface area contributed by atoms with Gasteiger partial charge in [-0.2, -0.15) is 0 Å². The molecule has 1 atom stereocenters. The molecule has 1 saturated heterocycles. The fourth-order valence-corrected chi connectivity index (χ4v) is 2.33. The minimum Gasteiger partial charge on any atom is -0.468 e. The van der Waals surface area contributed by atoms with Crippen LogP contribution in [0.2, 0.25) is 0 Å². The van der Waals surface area contributed by atoms with Gasteiger partial charge in [0, 0.05) is 6.54 Å². The molecule has 0 aromatic carbocycles. The van der Waals surface area contributed by atoms with E-state index >= 15 is 0 Å². The number of esters is 1. The van der Waals surface area contributed by atoms with Crippen LogP contribution in [0.5, 0.6) is 0 Å². The van der Waals surface area contributed by atoms with Crippen molar-refractivity contribution >= 4 is 5.97 Å². The van der Waals surface area contributed by atoms with Gasteiger partial charge >= 0.3 is 5.97 Å². The van der Waals surface area contributed by atoms with E-state index < -0.39 is 0 Å². The SMILES string of the molecule is CCC(CC)CN1CCCC1C(=O)OC. The number of carbonyl (C=O) groups excluding carboxylic acids is 1. The van der Waals surface area contributed by atoms with Crippen molar-refractivity contribution in [2.75, 3.05) is 20.2 Å². The van der Waals surface area contributed by atoms with Crippen molar-refractivity contribution in [3.63, 3.8) is 0 Å². The first kappa shape index (κ1) is 12.5. The second-order valence-electron chi connectivity index (χ2n) is 4.36. The number of rotatable bonds is 5. The van der Waals surface area contributed by atoms with E-state index in [1.807, 2.05) is 0 Å². The summed E-state index contributed by atoms with van der Waals surface area (Å²) in [6.07, 6.45) is 4.48. The van der Waals surface area contributed by atoms with E-state index in [0.29, 0.717) is 0 Å². The van der Waals surface area contributed by atoms with E-state index in [0.717, 1.165) is 31.8 Å². The Morgan fingerprint density at radius 1 is 1.47 bits per heavy atom. The molecule has 0 aromatic rings. The van der Waals surface area contributed by atoms with Crippen LogP contribution in [-0.2, 0) is 9.53 Å². The van der Waals surface area contributed by atoms with Crippen LogP contribution in [0.1, 0.15) is 39.5 Å². The van der Waals surface area contributed by atoms with E-state index in [9.17, 15) is 4.79 Å². The van der Waals surface area contributed by atoms with Crippen LogP contribution >= 0.6 is 0 Å². The third-order valence-corrected chi connectivity index (χ3v) is 3.48. The second kappa shape index (κ2) is 6.11. The monoisotopic (exact) mass is 213 g/mol. The normalized spacial score (nSPS) is 22.3.